The SMILES string of the molecule is COc1ccc2[nH]cc(CCN(Cc3ccc(OC)c(OC)c3)C(=S)Nc3ccc(C)cc3Cl)c2c1. The molecule has 1 heterocycles. The molecule has 0 aliphatic heterocycles. The van der Waals surface area contributed by atoms with Crippen LogP contribution < -0.4 is 19.5 Å². The van der Waals surface area contributed by atoms with Gasteiger partial charge in [0.1, 0.15) is 5.75 Å². The van der Waals surface area contributed by atoms with Crippen molar-refractivity contribution in [3.63, 3.8) is 0 Å². The molecule has 0 saturated heterocycles. The highest BCUT2D eigenvalue weighted by atomic mass is 35.5. The van der Waals surface area contributed by atoms with Gasteiger partial charge in [0.2, 0.25) is 0 Å². The molecule has 0 aliphatic rings. The number of fused-ring (bicyclic) bond motifs is 1. The quantitative estimate of drug-likeness (QED) is 0.241. The van der Waals surface area contributed by atoms with E-state index in [0.29, 0.717) is 34.7 Å². The number of halogens is 1. The lowest BCUT2D eigenvalue weighted by molar-refractivity contribution is 0.353. The first-order valence-corrected chi connectivity index (χ1v) is 12.4. The molecule has 0 atom stereocenters. The number of benzene rings is 3. The minimum atomic E-state index is 0.585. The standard InChI is InChI=1S/C28H30ClN3O3S/c1-18-5-8-25(23(29)13-18)31-28(36)32(17-19-6-10-26(34-3)27(14-19)35-4)12-11-20-16-30-24-9-7-21(33-2)15-22(20)24/h5-10,13-16,30H,11-12,17H2,1-4H3,(H,31,36). The molecule has 2 N–H and O–H groups in total. The molecule has 0 bridgehead atoms. The zero-order valence-electron chi connectivity index (χ0n) is 20.9. The molecule has 0 radical (unpaired) electrons. The maximum Gasteiger partial charge on any atom is 0.173 e. The number of nitrogens with zero attached hydrogens (tertiary/aromatic N) is 1. The highest BCUT2D eigenvalue weighted by molar-refractivity contribution is 7.80. The van der Waals surface area contributed by atoms with Gasteiger partial charge in [-0.1, -0.05) is 23.7 Å². The van der Waals surface area contributed by atoms with Gasteiger partial charge >= 0.3 is 0 Å². The number of aryl methyl sites for hydroxylation is 1. The molecule has 8 heteroatoms. The zero-order chi connectivity index (χ0) is 25.7. The topological polar surface area (TPSA) is 58.8 Å². The highest BCUT2D eigenvalue weighted by Gasteiger charge is 2.16. The predicted molar refractivity (Wildman–Crippen MR) is 151 cm³/mol. The van der Waals surface area contributed by atoms with E-state index in [0.717, 1.165) is 39.9 Å². The smallest absolute Gasteiger partial charge is 0.173 e. The number of thiocarbonyl (C=S) groups is 1. The third-order valence-corrected chi connectivity index (χ3v) is 6.77. The van der Waals surface area contributed by atoms with Crippen LogP contribution in [0.3, 0.4) is 0 Å². The number of aromatic amines is 1. The van der Waals surface area contributed by atoms with E-state index in [9.17, 15) is 0 Å². The van der Waals surface area contributed by atoms with Crippen LogP contribution in [0.2, 0.25) is 5.02 Å². The van der Waals surface area contributed by atoms with Crippen LogP contribution in [0.25, 0.3) is 10.9 Å². The molecule has 0 amide bonds. The molecule has 1 aromatic heterocycles. The number of rotatable bonds is 9. The lowest BCUT2D eigenvalue weighted by Crippen LogP contribution is -2.36. The first-order chi connectivity index (χ1) is 17.4. The fourth-order valence-electron chi connectivity index (χ4n) is 4.11. The van der Waals surface area contributed by atoms with Crippen LogP contribution >= 0.6 is 23.8 Å². The minimum absolute atomic E-state index is 0.585. The van der Waals surface area contributed by atoms with E-state index in [1.807, 2.05) is 61.7 Å². The van der Waals surface area contributed by atoms with E-state index < -0.39 is 0 Å². The first kappa shape index (κ1) is 25.7. The summed E-state index contributed by atoms with van der Waals surface area (Å²) in [6.45, 7) is 3.28. The zero-order valence-corrected chi connectivity index (χ0v) is 22.4. The second-order valence-corrected chi connectivity index (χ2v) is 9.29. The van der Waals surface area contributed by atoms with Crippen LogP contribution in [0.4, 0.5) is 5.69 Å². The second-order valence-electron chi connectivity index (χ2n) is 8.50. The van der Waals surface area contributed by atoms with Crippen LogP contribution in [-0.2, 0) is 13.0 Å². The number of ether oxygens (including phenoxy) is 3. The van der Waals surface area contributed by atoms with E-state index in [4.69, 9.17) is 38.0 Å². The summed E-state index contributed by atoms with van der Waals surface area (Å²) in [4.78, 5) is 5.48. The molecule has 4 aromatic rings. The van der Waals surface area contributed by atoms with Gasteiger partial charge < -0.3 is 29.4 Å². The molecule has 0 unspecified atom stereocenters. The molecule has 6 nitrogen and oxygen atoms in total. The van der Waals surface area contributed by atoms with Gasteiger partial charge in [0.15, 0.2) is 16.6 Å². The monoisotopic (exact) mass is 523 g/mol. The fourth-order valence-corrected chi connectivity index (χ4v) is 4.66. The molecule has 0 spiro atoms. The Morgan fingerprint density at radius 2 is 1.78 bits per heavy atom. The van der Waals surface area contributed by atoms with Crippen molar-refractivity contribution in [1.82, 2.24) is 9.88 Å². The van der Waals surface area contributed by atoms with Crippen molar-refractivity contribution in [1.29, 1.82) is 0 Å². The Bertz CT molecular complexity index is 1370. The minimum Gasteiger partial charge on any atom is -0.497 e. The van der Waals surface area contributed by atoms with Gasteiger partial charge in [-0.25, -0.2) is 0 Å². The molecule has 0 fully saturated rings. The number of H-pyrrole nitrogens is 1. The van der Waals surface area contributed by atoms with Gasteiger partial charge in [0, 0.05) is 30.2 Å². The van der Waals surface area contributed by atoms with Crippen LogP contribution in [0.5, 0.6) is 17.2 Å². The van der Waals surface area contributed by atoms with Crippen molar-refractivity contribution in [3.05, 3.63) is 82.5 Å². The Hall–Kier alpha value is -3.42. The van der Waals surface area contributed by atoms with Crippen molar-refractivity contribution in [2.24, 2.45) is 0 Å². The summed E-state index contributed by atoms with van der Waals surface area (Å²) in [6.07, 6.45) is 2.83. The Balaban J connectivity index is 1.59. The highest BCUT2D eigenvalue weighted by Crippen LogP contribution is 2.29. The first-order valence-electron chi connectivity index (χ1n) is 11.6. The average molecular weight is 524 g/mol. The molecule has 0 aliphatic carbocycles. The molecular weight excluding hydrogens is 494 g/mol. The molecule has 36 heavy (non-hydrogen) atoms. The third-order valence-electron chi connectivity index (χ3n) is 6.10. The fraction of sp³-hybridized carbons (Fsp3) is 0.250. The maximum absolute atomic E-state index is 6.48. The van der Waals surface area contributed by atoms with Crippen LogP contribution in [0.1, 0.15) is 16.7 Å². The molecular formula is C28H30ClN3O3S. The molecule has 3 aromatic carbocycles. The Morgan fingerprint density at radius 1 is 0.972 bits per heavy atom. The predicted octanol–water partition coefficient (Wildman–Crippen LogP) is 6.60. The van der Waals surface area contributed by atoms with Gasteiger partial charge in [-0.2, -0.15) is 0 Å². The number of hydrogen-bond donors (Lipinski definition) is 2. The van der Waals surface area contributed by atoms with Crippen molar-refractivity contribution in [2.75, 3.05) is 33.2 Å². The number of nitrogens with one attached hydrogen (secondary N) is 2. The number of anilines is 1. The van der Waals surface area contributed by atoms with Crippen LogP contribution in [0, 0.1) is 6.92 Å². The van der Waals surface area contributed by atoms with E-state index in [2.05, 4.69) is 21.3 Å². The van der Waals surface area contributed by atoms with Gasteiger partial charge in [0.25, 0.3) is 0 Å². The van der Waals surface area contributed by atoms with Crippen molar-refractivity contribution in [3.8, 4) is 17.2 Å². The molecule has 4 rings (SSSR count). The van der Waals surface area contributed by atoms with E-state index in [-0.39, 0.29) is 0 Å². The van der Waals surface area contributed by atoms with Crippen LogP contribution in [0.15, 0.2) is 60.8 Å². The number of hydrogen-bond acceptors (Lipinski definition) is 4. The van der Waals surface area contributed by atoms with Crippen molar-refractivity contribution < 1.29 is 14.2 Å². The largest absolute Gasteiger partial charge is 0.497 e. The van der Waals surface area contributed by atoms with Gasteiger partial charge in [-0.05, 0) is 84.7 Å². The maximum atomic E-state index is 6.48. The van der Waals surface area contributed by atoms with Gasteiger partial charge in [-0.3, -0.25) is 0 Å². The lowest BCUT2D eigenvalue weighted by Gasteiger charge is -2.27. The van der Waals surface area contributed by atoms with Gasteiger partial charge in [0.05, 0.1) is 32.0 Å². The van der Waals surface area contributed by atoms with Crippen LogP contribution in [-0.4, -0.2) is 42.9 Å². The Kier molecular flexibility index (Phi) is 8.23. The summed E-state index contributed by atoms with van der Waals surface area (Å²) < 4.78 is 16.3. The second kappa shape index (κ2) is 11.5. The summed E-state index contributed by atoms with van der Waals surface area (Å²) in [5.74, 6) is 2.20. The summed E-state index contributed by atoms with van der Waals surface area (Å²) >= 11 is 12.3. The summed E-state index contributed by atoms with van der Waals surface area (Å²) in [5, 5.41) is 5.70. The normalized spacial score (nSPS) is 10.8. The Morgan fingerprint density at radius 3 is 2.50 bits per heavy atom. The number of aromatic nitrogens is 1. The van der Waals surface area contributed by atoms with E-state index in [1.54, 1.807) is 21.3 Å². The van der Waals surface area contributed by atoms with E-state index >= 15 is 0 Å². The summed E-state index contributed by atoms with van der Waals surface area (Å²) in [7, 11) is 4.94. The van der Waals surface area contributed by atoms with E-state index in [1.165, 1.54) is 5.56 Å². The molecule has 188 valence electrons. The lowest BCUT2D eigenvalue weighted by atomic mass is 10.1. The average Bonchev–Trinajstić information content (AvgIpc) is 3.29. The summed E-state index contributed by atoms with van der Waals surface area (Å²) in [5.41, 5.74) is 5.18. The third kappa shape index (κ3) is 5.86. The van der Waals surface area contributed by atoms with Crippen molar-refractivity contribution in [2.45, 2.75) is 19.9 Å². The Labute approximate surface area is 222 Å². The summed E-state index contributed by atoms with van der Waals surface area (Å²) in [6, 6.07) is 17.8. The number of methoxy groups -OCH3 is 3. The molecule has 0 saturated carbocycles. The van der Waals surface area contributed by atoms with Gasteiger partial charge in [-0.15, -0.1) is 0 Å². The van der Waals surface area contributed by atoms with Crippen molar-refractivity contribution >= 4 is 45.5 Å².